The molecule has 2 amide bonds. The first-order valence-electron chi connectivity index (χ1n) is 12.4. The minimum Gasteiger partial charge on any atom is -0.438 e. The second-order valence-corrected chi connectivity index (χ2v) is 11.0. The van der Waals surface area contributed by atoms with E-state index in [4.69, 9.17) is 9.72 Å². The van der Waals surface area contributed by atoms with Crippen molar-refractivity contribution >= 4 is 28.3 Å². The zero-order chi connectivity index (χ0) is 27.0. The van der Waals surface area contributed by atoms with E-state index < -0.39 is 5.41 Å². The topological polar surface area (TPSA) is 97.3 Å². The van der Waals surface area contributed by atoms with Crippen LogP contribution >= 0.6 is 11.3 Å². The summed E-state index contributed by atoms with van der Waals surface area (Å²) in [7, 11) is 1.78. The molecule has 38 heavy (non-hydrogen) atoms. The summed E-state index contributed by atoms with van der Waals surface area (Å²) in [5, 5.41) is 12.3. The number of aryl methyl sites for hydroxylation is 1. The maximum Gasteiger partial charge on any atom is 0.253 e. The predicted molar refractivity (Wildman–Crippen MR) is 148 cm³/mol. The van der Waals surface area contributed by atoms with Crippen LogP contribution < -0.4 is 10.1 Å². The number of nitrogens with one attached hydrogen (secondary N) is 1. The van der Waals surface area contributed by atoms with Gasteiger partial charge in [-0.2, -0.15) is 0 Å². The summed E-state index contributed by atoms with van der Waals surface area (Å²) in [5.41, 5.74) is 3.11. The van der Waals surface area contributed by atoms with Gasteiger partial charge in [-0.15, -0.1) is 10.2 Å². The highest BCUT2D eigenvalue weighted by atomic mass is 32.1. The molecular formula is C29H29N5O3S. The molecule has 1 aliphatic heterocycles. The standard InChI is InChI=1S/C29H29N5O3S/c1-6-34(5)26(35)19-13-11-18(12-14-19)22-16-15-21-24(20-9-7-8-10-23(20)37-25(21)30-22)29(3,4)27(36)31-28-33-32-17(2)38-28/h7-16,24H,6H2,1-5H3,(H,31,33,36)/t24-/m0/s1. The molecule has 8 nitrogen and oxygen atoms in total. The number of anilines is 1. The molecule has 9 heteroatoms. The van der Waals surface area contributed by atoms with E-state index in [9.17, 15) is 9.59 Å². The minimum atomic E-state index is -0.856. The van der Waals surface area contributed by atoms with E-state index in [1.54, 1.807) is 11.9 Å². The third-order valence-corrected chi connectivity index (χ3v) is 7.69. The van der Waals surface area contributed by atoms with Crippen molar-refractivity contribution in [3.8, 4) is 22.9 Å². The van der Waals surface area contributed by atoms with Crippen molar-refractivity contribution in [2.75, 3.05) is 18.9 Å². The first-order valence-corrected chi connectivity index (χ1v) is 13.3. The Labute approximate surface area is 225 Å². The van der Waals surface area contributed by atoms with Crippen LogP contribution in [0.1, 0.15) is 53.2 Å². The molecule has 1 aliphatic rings. The zero-order valence-corrected chi connectivity index (χ0v) is 22.8. The highest BCUT2D eigenvalue weighted by Gasteiger charge is 2.44. The largest absolute Gasteiger partial charge is 0.438 e. The van der Waals surface area contributed by atoms with E-state index in [0.717, 1.165) is 27.4 Å². The fraction of sp³-hybridized carbons (Fsp3) is 0.276. The lowest BCUT2D eigenvalue weighted by molar-refractivity contribution is -0.124. The van der Waals surface area contributed by atoms with Crippen molar-refractivity contribution < 1.29 is 14.3 Å². The minimum absolute atomic E-state index is 0.0237. The third kappa shape index (κ3) is 4.65. The van der Waals surface area contributed by atoms with Crippen LogP contribution in [0.25, 0.3) is 11.3 Å². The molecular weight excluding hydrogens is 498 g/mol. The molecule has 2 aromatic carbocycles. The number of pyridine rings is 1. The third-order valence-electron chi connectivity index (χ3n) is 6.94. The van der Waals surface area contributed by atoms with E-state index in [0.29, 0.717) is 28.9 Å². The molecule has 1 N–H and O–H groups in total. The van der Waals surface area contributed by atoms with E-state index in [1.165, 1.54) is 11.3 Å². The Morgan fingerprint density at radius 1 is 1.03 bits per heavy atom. The number of benzene rings is 2. The number of rotatable bonds is 6. The van der Waals surface area contributed by atoms with E-state index >= 15 is 0 Å². The van der Waals surface area contributed by atoms with Crippen LogP contribution in [-0.4, -0.2) is 45.5 Å². The normalized spacial score (nSPS) is 14.2. The number of hydrogen-bond acceptors (Lipinski definition) is 7. The van der Waals surface area contributed by atoms with Gasteiger partial charge in [-0.25, -0.2) is 4.98 Å². The fourth-order valence-electron chi connectivity index (χ4n) is 4.66. The van der Waals surface area contributed by atoms with Crippen LogP contribution in [0.15, 0.2) is 60.7 Å². The van der Waals surface area contributed by atoms with Crippen LogP contribution in [0.4, 0.5) is 5.13 Å². The average molecular weight is 528 g/mol. The number of carbonyl (C=O) groups is 2. The number of carbonyl (C=O) groups excluding carboxylic acids is 2. The number of amides is 2. The van der Waals surface area contributed by atoms with Crippen molar-refractivity contribution in [2.24, 2.45) is 5.41 Å². The van der Waals surface area contributed by atoms with Gasteiger partial charge in [0, 0.05) is 41.8 Å². The van der Waals surface area contributed by atoms with Crippen LogP contribution in [0.2, 0.25) is 0 Å². The van der Waals surface area contributed by atoms with Crippen LogP contribution in [-0.2, 0) is 4.79 Å². The lowest BCUT2D eigenvalue weighted by atomic mass is 9.69. The Balaban J connectivity index is 1.50. The second kappa shape index (κ2) is 9.98. The van der Waals surface area contributed by atoms with Gasteiger partial charge in [-0.3, -0.25) is 9.59 Å². The van der Waals surface area contributed by atoms with Crippen molar-refractivity contribution in [3.63, 3.8) is 0 Å². The number of fused-ring (bicyclic) bond motifs is 2. The van der Waals surface area contributed by atoms with Crippen molar-refractivity contribution in [3.05, 3.63) is 82.4 Å². The van der Waals surface area contributed by atoms with Gasteiger partial charge in [0.15, 0.2) is 0 Å². The van der Waals surface area contributed by atoms with E-state index in [1.807, 2.05) is 88.4 Å². The summed E-state index contributed by atoms with van der Waals surface area (Å²) >= 11 is 1.34. The summed E-state index contributed by atoms with van der Waals surface area (Å²) < 4.78 is 6.25. The van der Waals surface area contributed by atoms with E-state index in [2.05, 4.69) is 15.5 Å². The van der Waals surface area contributed by atoms with E-state index in [-0.39, 0.29) is 17.7 Å². The van der Waals surface area contributed by atoms with Gasteiger partial charge in [0.2, 0.25) is 16.9 Å². The molecule has 5 rings (SSSR count). The molecule has 0 saturated heterocycles. The molecule has 0 unspecified atom stereocenters. The molecule has 0 bridgehead atoms. The predicted octanol–water partition coefficient (Wildman–Crippen LogP) is 5.90. The summed E-state index contributed by atoms with van der Waals surface area (Å²) in [4.78, 5) is 32.5. The van der Waals surface area contributed by atoms with Gasteiger partial charge in [0.05, 0.1) is 11.1 Å². The summed E-state index contributed by atoms with van der Waals surface area (Å²) in [6.07, 6.45) is 0. The second-order valence-electron chi connectivity index (χ2n) is 9.86. The highest BCUT2D eigenvalue weighted by molar-refractivity contribution is 7.15. The number of aromatic nitrogens is 3. The maximum atomic E-state index is 13.5. The van der Waals surface area contributed by atoms with Gasteiger partial charge >= 0.3 is 0 Å². The smallest absolute Gasteiger partial charge is 0.253 e. The SMILES string of the molecule is CCN(C)C(=O)c1ccc(-c2ccc3c(n2)Oc2ccccc2[C@@H]3C(C)(C)C(=O)Nc2nnc(C)s2)cc1. The quantitative estimate of drug-likeness (QED) is 0.335. The Hall–Kier alpha value is -4.11. The summed E-state index contributed by atoms with van der Waals surface area (Å²) in [5.74, 6) is 0.644. The number of nitrogens with zero attached hydrogens (tertiary/aromatic N) is 4. The molecule has 194 valence electrons. The Bertz CT molecular complexity index is 1510. The van der Waals surface area contributed by atoms with Crippen LogP contribution in [0, 0.1) is 12.3 Å². The first kappa shape index (κ1) is 25.5. The molecule has 0 aliphatic carbocycles. The number of para-hydroxylation sites is 1. The Kier molecular flexibility index (Phi) is 6.71. The number of hydrogen-bond donors (Lipinski definition) is 1. The van der Waals surface area contributed by atoms with Crippen LogP contribution in [0.3, 0.4) is 0 Å². The molecule has 0 fully saturated rings. The van der Waals surface area contributed by atoms with Gasteiger partial charge < -0.3 is 15.0 Å². The van der Waals surface area contributed by atoms with Crippen molar-refractivity contribution in [1.29, 1.82) is 0 Å². The number of ether oxygens (including phenoxy) is 1. The molecule has 1 atom stereocenters. The highest BCUT2D eigenvalue weighted by Crippen LogP contribution is 2.52. The maximum absolute atomic E-state index is 13.5. The van der Waals surface area contributed by atoms with Crippen molar-refractivity contribution in [2.45, 2.75) is 33.6 Å². The molecule has 2 aromatic heterocycles. The average Bonchev–Trinajstić information content (AvgIpc) is 3.34. The van der Waals surface area contributed by atoms with Gasteiger partial charge in [-0.1, -0.05) is 61.6 Å². The molecule has 0 radical (unpaired) electrons. The monoisotopic (exact) mass is 527 g/mol. The van der Waals surface area contributed by atoms with Crippen molar-refractivity contribution in [1.82, 2.24) is 20.1 Å². The lowest BCUT2D eigenvalue weighted by Gasteiger charge is -2.37. The van der Waals surface area contributed by atoms with Crippen LogP contribution in [0.5, 0.6) is 11.6 Å². The molecule has 4 aromatic rings. The summed E-state index contributed by atoms with van der Waals surface area (Å²) in [6, 6.07) is 19.1. The zero-order valence-electron chi connectivity index (χ0n) is 22.0. The summed E-state index contributed by atoms with van der Waals surface area (Å²) in [6.45, 7) is 8.27. The Morgan fingerprint density at radius 2 is 1.76 bits per heavy atom. The van der Waals surface area contributed by atoms with Gasteiger partial charge in [-0.05, 0) is 38.1 Å². The fourth-order valence-corrected chi connectivity index (χ4v) is 5.25. The van der Waals surface area contributed by atoms with Gasteiger partial charge in [0.25, 0.3) is 5.91 Å². The Morgan fingerprint density at radius 3 is 2.45 bits per heavy atom. The lowest BCUT2D eigenvalue weighted by Crippen LogP contribution is -2.38. The molecule has 0 saturated carbocycles. The van der Waals surface area contributed by atoms with Gasteiger partial charge in [0.1, 0.15) is 10.8 Å². The first-order chi connectivity index (χ1) is 18.2. The molecule has 0 spiro atoms. The molecule has 3 heterocycles.